The van der Waals surface area contributed by atoms with E-state index in [0.29, 0.717) is 23.7 Å². The van der Waals surface area contributed by atoms with Crippen molar-refractivity contribution in [2.75, 3.05) is 25.9 Å². The van der Waals surface area contributed by atoms with Crippen LogP contribution < -0.4 is 11.1 Å². The molecule has 5 nitrogen and oxygen atoms in total. The lowest BCUT2D eigenvalue weighted by atomic mass is 10.1. The van der Waals surface area contributed by atoms with Crippen LogP contribution in [-0.2, 0) is 4.79 Å². The van der Waals surface area contributed by atoms with Crippen LogP contribution in [-0.4, -0.2) is 36.9 Å². The minimum Gasteiger partial charge on any atom is -0.398 e. The number of amides is 2. The van der Waals surface area contributed by atoms with Crippen LogP contribution in [0.15, 0.2) is 18.2 Å². The van der Waals surface area contributed by atoms with Gasteiger partial charge in [0, 0.05) is 19.3 Å². The van der Waals surface area contributed by atoms with Gasteiger partial charge in [-0.25, -0.2) is 0 Å². The topological polar surface area (TPSA) is 75.4 Å². The fourth-order valence-electron chi connectivity index (χ4n) is 1.72. The number of aryl methyl sites for hydroxylation is 1. The zero-order valence-electron chi connectivity index (χ0n) is 12.6. The number of carbonyl (C=O) groups excluding carboxylic acids is 2. The monoisotopic (exact) mass is 277 g/mol. The molecule has 1 aromatic carbocycles. The van der Waals surface area contributed by atoms with Crippen LogP contribution in [0.5, 0.6) is 0 Å². The summed E-state index contributed by atoms with van der Waals surface area (Å²) in [6.07, 6.45) is 0. The van der Waals surface area contributed by atoms with Crippen LogP contribution in [0, 0.1) is 12.8 Å². The molecule has 0 atom stereocenters. The van der Waals surface area contributed by atoms with E-state index in [1.54, 1.807) is 19.2 Å². The Balaban J connectivity index is 2.67. The first-order valence-corrected chi connectivity index (χ1v) is 6.69. The molecule has 5 heteroatoms. The molecule has 1 aromatic rings. The van der Waals surface area contributed by atoms with Gasteiger partial charge in [-0.05, 0) is 25.0 Å². The van der Waals surface area contributed by atoms with Gasteiger partial charge >= 0.3 is 0 Å². The van der Waals surface area contributed by atoms with Crippen LogP contribution in [0.3, 0.4) is 0 Å². The van der Waals surface area contributed by atoms with Crippen molar-refractivity contribution in [3.63, 3.8) is 0 Å². The summed E-state index contributed by atoms with van der Waals surface area (Å²) in [4.78, 5) is 25.3. The van der Waals surface area contributed by atoms with Gasteiger partial charge in [0.1, 0.15) is 0 Å². The second-order valence-corrected chi connectivity index (χ2v) is 5.45. The minimum atomic E-state index is -0.245. The van der Waals surface area contributed by atoms with E-state index in [0.717, 1.165) is 5.56 Å². The van der Waals surface area contributed by atoms with Crippen molar-refractivity contribution in [1.82, 2.24) is 10.2 Å². The summed E-state index contributed by atoms with van der Waals surface area (Å²) in [6, 6.07) is 5.29. The fraction of sp³-hybridized carbons (Fsp3) is 0.467. The van der Waals surface area contributed by atoms with Gasteiger partial charge in [-0.1, -0.05) is 25.5 Å². The number of carbonyl (C=O) groups is 2. The van der Waals surface area contributed by atoms with Crippen molar-refractivity contribution < 1.29 is 9.59 Å². The Morgan fingerprint density at radius 1 is 1.35 bits per heavy atom. The number of benzene rings is 1. The second-order valence-electron chi connectivity index (χ2n) is 5.45. The maximum Gasteiger partial charge on any atom is 0.256 e. The fourth-order valence-corrected chi connectivity index (χ4v) is 1.72. The summed E-state index contributed by atoms with van der Waals surface area (Å²) in [5.74, 6) is -0.0287. The van der Waals surface area contributed by atoms with Gasteiger partial charge in [-0.2, -0.15) is 0 Å². The third kappa shape index (κ3) is 4.57. The smallest absolute Gasteiger partial charge is 0.256 e. The average Bonchev–Trinajstić information content (AvgIpc) is 2.38. The molecular weight excluding hydrogens is 254 g/mol. The zero-order chi connectivity index (χ0) is 15.3. The maximum absolute atomic E-state index is 12.3. The highest BCUT2D eigenvalue weighted by molar-refractivity contribution is 6.00. The highest BCUT2D eigenvalue weighted by atomic mass is 16.2. The van der Waals surface area contributed by atoms with E-state index < -0.39 is 0 Å². The molecule has 3 N–H and O–H groups in total. The van der Waals surface area contributed by atoms with Crippen molar-refractivity contribution in [2.45, 2.75) is 20.8 Å². The number of nitrogens with two attached hydrogens (primary N) is 1. The molecule has 0 unspecified atom stereocenters. The Labute approximate surface area is 120 Å². The van der Waals surface area contributed by atoms with Crippen molar-refractivity contribution >= 4 is 17.5 Å². The van der Waals surface area contributed by atoms with E-state index in [1.807, 2.05) is 26.8 Å². The molecule has 0 spiro atoms. The molecular formula is C15H23N3O2. The lowest BCUT2D eigenvalue weighted by Crippen LogP contribution is -2.39. The van der Waals surface area contributed by atoms with Gasteiger partial charge < -0.3 is 16.0 Å². The van der Waals surface area contributed by atoms with E-state index in [2.05, 4.69) is 5.32 Å². The van der Waals surface area contributed by atoms with Gasteiger partial charge in [0.2, 0.25) is 5.91 Å². The molecule has 0 saturated carbocycles. The predicted octanol–water partition coefficient (Wildman–Crippen LogP) is 1.42. The average molecular weight is 277 g/mol. The summed E-state index contributed by atoms with van der Waals surface area (Å²) in [7, 11) is 1.60. The van der Waals surface area contributed by atoms with Crippen LogP contribution in [0.4, 0.5) is 5.69 Å². The minimum absolute atomic E-state index is 0.0267. The molecule has 2 amide bonds. The lowest BCUT2D eigenvalue weighted by Gasteiger charge is -2.18. The first kappa shape index (κ1) is 16.0. The summed E-state index contributed by atoms with van der Waals surface area (Å²) >= 11 is 0. The largest absolute Gasteiger partial charge is 0.398 e. The maximum atomic E-state index is 12.3. The molecule has 0 aromatic heterocycles. The number of hydrogen-bond acceptors (Lipinski definition) is 3. The van der Waals surface area contributed by atoms with Crippen molar-refractivity contribution in [3.05, 3.63) is 29.3 Å². The molecule has 0 saturated heterocycles. The zero-order valence-corrected chi connectivity index (χ0v) is 12.6. The molecule has 0 aliphatic carbocycles. The highest BCUT2D eigenvalue weighted by Crippen LogP contribution is 2.15. The molecule has 0 bridgehead atoms. The number of likely N-dealkylation sites (N-methyl/N-ethyl adjacent to an activating group) is 1. The molecule has 0 aliphatic rings. The molecule has 20 heavy (non-hydrogen) atoms. The first-order valence-electron chi connectivity index (χ1n) is 6.69. The van der Waals surface area contributed by atoms with Crippen molar-refractivity contribution in [2.24, 2.45) is 5.92 Å². The van der Waals surface area contributed by atoms with Gasteiger partial charge in [0.15, 0.2) is 0 Å². The third-order valence-electron chi connectivity index (χ3n) is 2.87. The Kier molecular flexibility index (Phi) is 5.55. The molecule has 0 radical (unpaired) electrons. The third-order valence-corrected chi connectivity index (χ3v) is 2.87. The van der Waals surface area contributed by atoms with Crippen molar-refractivity contribution in [3.8, 4) is 0 Å². The summed E-state index contributed by atoms with van der Waals surface area (Å²) in [6.45, 7) is 6.56. The van der Waals surface area contributed by atoms with E-state index in [9.17, 15) is 9.59 Å². The van der Waals surface area contributed by atoms with E-state index in [-0.39, 0.29) is 18.4 Å². The Bertz CT molecular complexity index is 498. The molecule has 1 rings (SSSR count). The van der Waals surface area contributed by atoms with Gasteiger partial charge in [-0.15, -0.1) is 0 Å². The summed E-state index contributed by atoms with van der Waals surface area (Å²) < 4.78 is 0. The van der Waals surface area contributed by atoms with Gasteiger partial charge in [-0.3, -0.25) is 9.59 Å². The second kappa shape index (κ2) is 6.93. The Hall–Kier alpha value is -2.04. The van der Waals surface area contributed by atoms with E-state index in [1.165, 1.54) is 4.90 Å². The van der Waals surface area contributed by atoms with Crippen LogP contribution in [0.1, 0.15) is 29.8 Å². The SMILES string of the molecule is Cc1ccc(N)c(C(=O)N(C)CC(=O)NCC(C)C)c1. The van der Waals surface area contributed by atoms with Gasteiger partial charge in [0.05, 0.1) is 12.1 Å². The summed E-state index contributed by atoms with van der Waals surface area (Å²) in [5.41, 5.74) is 7.63. The first-order chi connectivity index (χ1) is 9.31. The quantitative estimate of drug-likeness (QED) is 0.799. The Morgan fingerprint density at radius 3 is 2.60 bits per heavy atom. The standard InChI is InChI=1S/C15H23N3O2/c1-10(2)8-17-14(19)9-18(4)15(20)12-7-11(3)5-6-13(12)16/h5-7,10H,8-9,16H2,1-4H3,(H,17,19). The number of rotatable bonds is 5. The number of nitrogens with zero attached hydrogens (tertiary/aromatic N) is 1. The molecule has 0 aliphatic heterocycles. The van der Waals surface area contributed by atoms with E-state index >= 15 is 0 Å². The highest BCUT2D eigenvalue weighted by Gasteiger charge is 2.17. The number of nitrogen functional groups attached to an aromatic ring is 1. The number of hydrogen-bond donors (Lipinski definition) is 2. The molecule has 0 fully saturated rings. The Morgan fingerprint density at radius 2 is 2.00 bits per heavy atom. The molecule has 0 heterocycles. The van der Waals surface area contributed by atoms with Crippen molar-refractivity contribution in [1.29, 1.82) is 0 Å². The normalized spacial score (nSPS) is 10.4. The predicted molar refractivity (Wildman–Crippen MR) is 80.4 cm³/mol. The van der Waals surface area contributed by atoms with E-state index in [4.69, 9.17) is 5.73 Å². The van der Waals surface area contributed by atoms with Crippen LogP contribution >= 0.6 is 0 Å². The van der Waals surface area contributed by atoms with Crippen LogP contribution in [0.25, 0.3) is 0 Å². The summed E-state index contributed by atoms with van der Waals surface area (Å²) in [5, 5.41) is 2.78. The van der Waals surface area contributed by atoms with Gasteiger partial charge in [0.25, 0.3) is 5.91 Å². The molecule has 110 valence electrons. The number of anilines is 1. The lowest BCUT2D eigenvalue weighted by molar-refractivity contribution is -0.121. The number of nitrogens with one attached hydrogen (secondary N) is 1. The van der Waals surface area contributed by atoms with Crippen LogP contribution in [0.2, 0.25) is 0 Å².